The molecule has 0 radical (unpaired) electrons. The molecule has 0 bridgehead atoms. The topological polar surface area (TPSA) is 30.9 Å². The SMILES string of the molecule is CN1c2ccc(Cl)cc2N=C(N2CCNCC2)c2cscc21. The first-order valence-corrected chi connectivity index (χ1v) is 8.70. The summed E-state index contributed by atoms with van der Waals surface area (Å²) in [5, 5.41) is 8.51. The van der Waals surface area contributed by atoms with Gasteiger partial charge in [0.25, 0.3) is 0 Å². The fraction of sp³-hybridized carbons (Fsp3) is 0.312. The highest BCUT2D eigenvalue weighted by Crippen LogP contribution is 2.41. The van der Waals surface area contributed by atoms with Crippen molar-refractivity contribution < 1.29 is 0 Å². The minimum absolute atomic E-state index is 0.722. The fourth-order valence-corrected chi connectivity index (χ4v) is 4.02. The van der Waals surface area contributed by atoms with Gasteiger partial charge in [0.1, 0.15) is 5.84 Å². The number of fused-ring (bicyclic) bond motifs is 2. The predicted molar refractivity (Wildman–Crippen MR) is 94.5 cm³/mol. The number of amidine groups is 1. The van der Waals surface area contributed by atoms with Crippen molar-refractivity contribution in [3.8, 4) is 0 Å². The number of anilines is 2. The van der Waals surface area contributed by atoms with Crippen molar-refractivity contribution in [1.29, 1.82) is 0 Å². The lowest BCUT2D eigenvalue weighted by molar-refractivity contribution is 0.358. The Morgan fingerprint density at radius 3 is 2.82 bits per heavy atom. The second kappa shape index (κ2) is 5.57. The molecule has 0 atom stereocenters. The lowest BCUT2D eigenvalue weighted by Gasteiger charge is -2.30. The van der Waals surface area contributed by atoms with Crippen molar-refractivity contribution in [3.05, 3.63) is 39.5 Å². The van der Waals surface area contributed by atoms with Gasteiger partial charge in [-0.15, -0.1) is 11.3 Å². The van der Waals surface area contributed by atoms with E-state index in [2.05, 4.69) is 32.9 Å². The van der Waals surface area contributed by atoms with Gasteiger partial charge >= 0.3 is 0 Å². The molecule has 2 aromatic rings. The molecular weight excluding hydrogens is 316 g/mol. The van der Waals surface area contributed by atoms with Gasteiger partial charge in [-0.2, -0.15) is 0 Å². The molecule has 0 unspecified atom stereocenters. The molecule has 0 spiro atoms. The van der Waals surface area contributed by atoms with E-state index in [0.29, 0.717) is 0 Å². The van der Waals surface area contributed by atoms with Crippen LogP contribution < -0.4 is 10.2 Å². The molecular formula is C16H17ClN4S. The van der Waals surface area contributed by atoms with Crippen LogP contribution in [0.25, 0.3) is 0 Å². The van der Waals surface area contributed by atoms with Gasteiger partial charge in [-0.05, 0) is 18.2 Å². The molecule has 0 aliphatic carbocycles. The summed E-state index contributed by atoms with van der Waals surface area (Å²) in [6, 6.07) is 5.92. The Morgan fingerprint density at radius 2 is 2.00 bits per heavy atom. The van der Waals surface area contributed by atoms with Crippen LogP contribution in [0.1, 0.15) is 5.56 Å². The number of rotatable bonds is 0. The summed E-state index contributed by atoms with van der Waals surface area (Å²) in [5.74, 6) is 1.06. The Bertz CT molecular complexity index is 733. The Morgan fingerprint density at radius 1 is 1.18 bits per heavy atom. The van der Waals surface area contributed by atoms with Crippen LogP contribution in [-0.4, -0.2) is 44.0 Å². The lowest BCUT2D eigenvalue weighted by Crippen LogP contribution is -2.46. The van der Waals surface area contributed by atoms with Gasteiger partial charge in [0.05, 0.1) is 22.6 Å². The van der Waals surface area contributed by atoms with Crippen molar-refractivity contribution in [2.75, 3.05) is 38.1 Å². The van der Waals surface area contributed by atoms with Gasteiger partial charge in [0, 0.05) is 49.0 Å². The number of benzene rings is 1. The number of piperazine rings is 1. The standard InChI is InChI=1S/C16H17ClN4S/c1-20-14-3-2-11(17)8-13(14)19-16(12-9-22-10-15(12)20)21-6-4-18-5-7-21/h2-3,8-10,18H,4-7H2,1H3. The van der Waals surface area contributed by atoms with Gasteiger partial charge in [0.15, 0.2) is 0 Å². The third-order valence-corrected chi connectivity index (χ3v) is 5.15. The van der Waals surface area contributed by atoms with Gasteiger partial charge in [-0.25, -0.2) is 4.99 Å². The summed E-state index contributed by atoms with van der Waals surface area (Å²) >= 11 is 7.91. The molecule has 0 saturated carbocycles. The molecule has 1 aromatic carbocycles. The van der Waals surface area contributed by atoms with Gasteiger partial charge in [-0.1, -0.05) is 11.6 Å². The average molecular weight is 333 g/mol. The Balaban J connectivity index is 1.89. The first-order valence-electron chi connectivity index (χ1n) is 7.38. The first-order chi connectivity index (χ1) is 10.7. The quantitative estimate of drug-likeness (QED) is 0.801. The minimum atomic E-state index is 0.722. The molecule has 3 heterocycles. The van der Waals surface area contributed by atoms with E-state index in [0.717, 1.165) is 48.4 Å². The molecule has 0 amide bonds. The molecule has 1 saturated heterocycles. The monoisotopic (exact) mass is 332 g/mol. The maximum absolute atomic E-state index is 6.19. The van der Waals surface area contributed by atoms with Crippen molar-refractivity contribution in [3.63, 3.8) is 0 Å². The third kappa shape index (κ3) is 2.29. The average Bonchev–Trinajstić information content (AvgIpc) is 2.98. The van der Waals surface area contributed by atoms with Gasteiger partial charge < -0.3 is 15.1 Å². The molecule has 1 fully saturated rings. The summed E-state index contributed by atoms with van der Waals surface area (Å²) in [6.07, 6.45) is 0. The van der Waals surface area contributed by atoms with Crippen molar-refractivity contribution in [2.24, 2.45) is 4.99 Å². The highest BCUT2D eigenvalue weighted by Gasteiger charge is 2.25. The summed E-state index contributed by atoms with van der Waals surface area (Å²) < 4.78 is 0. The minimum Gasteiger partial charge on any atom is -0.353 e. The number of nitrogens with one attached hydrogen (secondary N) is 1. The summed E-state index contributed by atoms with van der Waals surface area (Å²) in [4.78, 5) is 9.55. The number of thiophene rings is 1. The van der Waals surface area contributed by atoms with Crippen LogP contribution in [0.15, 0.2) is 34.0 Å². The number of hydrogen-bond acceptors (Lipinski definition) is 5. The van der Waals surface area contributed by atoms with E-state index in [9.17, 15) is 0 Å². The molecule has 4 rings (SSSR count). The van der Waals surface area contributed by atoms with Gasteiger partial charge in [0.2, 0.25) is 0 Å². The van der Waals surface area contributed by atoms with Crippen LogP contribution >= 0.6 is 22.9 Å². The summed E-state index contributed by atoms with van der Waals surface area (Å²) in [6.45, 7) is 3.95. The van der Waals surface area contributed by atoms with Crippen molar-refractivity contribution >= 4 is 45.8 Å². The molecule has 114 valence electrons. The molecule has 1 aromatic heterocycles. The van der Waals surface area contributed by atoms with Crippen LogP contribution in [0.2, 0.25) is 5.02 Å². The number of nitrogens with zero attached hydrogens (tertiary/aromatic N) is 3. The Kier molecular flexibility index (Phi) is 3.56. The van der Waals surface area contributed by atoms with E-state index < -0.39 is 0 Å². The first kappa shape index (κ1) is 14.1. The summed E-state index contributed by atoms with van der Waals surface area (Å²) in [7, 11) is 2.09. The van der Waals surface area contributed by atoms with Crippen LogP contribution in [0.5, 0.6) is 0 Å². The zero-order valence-electron chi connectivity index (χ0n) is 12.3. The Hall–Kier alpha value is -1.56. The molecule has 6 heteroatoms. The van der Waals surface area contributed by atoms with Gasteiger partial charge in [-0.3, -0.25) is 0 Å². The van der Waals surface area contributed by atoms with E-state index in [4.69, 9.17) is 16.6 Å². The highest BCUT2D eigenvalue weighted by atomic mass is 35.5. The lowest BCUT2D eigenvalue weighted by atomic mass is 10.2. The number of hydrogen-bond donors (Lipinski definition) is 1. The molecule has 2 aliphatic heterocycles. The van der Waals surface area contributed by atoms with E-state index in [1.807, 2.05) is 18.2 Å². The van der Waals surface area contributed by atoms with Crippen LogP contribution in [-0.2, 0) is 0 Å². The second-order valence-corrected chi connectivity index (χ2v) is 6.72. The van der Waals surface area contributed by atoms with Crippen LogP contribution in [0.4, 0.5) is 17.1 Å². The maximum Gasteiger partial charge on any atom is 0.139 e. The molecule has 22 heavy (non-hydrogen) atoms. The predicted octanol–water partition coefficient (Wildman–Crippen LogP) is 3.47. The molecule has 4 nitrogen and oxygen atoms in total. The van der Waals surface area contributed by atoms with Crippen LogP contribution in [0, 0.1) is 0 Å². The van der Waals surface area contributed by atoms with E-state index in [1.54, 1.807) is 11.3 Å². The van der Waals surface area contributed by atoms with Crippen molar-refractivity contribution in [2.45, 2.75) is 0 Å². The third-order valence-electron chi connectivity index (χ3n) is 4.19. The summed E-state index contributed by atoms with van der Waals surface area (Å²) in [5.41, 5.74) is 4.45. The highest BCUT2D eigenvalue weighted by molar-refractivity contribution is 7.08. The zero-order chi connectivity index (χ0) is 15.1. The fourth-order valence-electron chi connectivity index (χ4n) is 3.01. The largest absolute Gasteiger partial charge is 0.353 e. The van der Waals surface area contributed by atoms with Crippen LogP contribution in [0.3, 0.4) is 0 Å². The molecule has 1 N–H and O–H groups in total. The smallest absolute Gasteiger partial charge is 0.139 e. The van der Waals surface area contributed by atoms with E-state index in [-0.39, 0.29) is 0 Å². The second-order valence-electron chi connectivity index (χ2n) is 5.54. The zero-order valence-corrected chi connectivity index (χ0v) is 13.9. The number of halogens is 1. The normalized spacial score (nSPS) is 17.6. The maximum atomic E-state index is 6.19. The van der Waals surface area contributed by atoms with Crippen molar-refractivity contribution in [1.82, 2.24) is 10.2 Å². The Labute approximate surface area is 139 Å². The molecule has 2 aliphatic rings. The van der Waals surface area contributed by atoms with E-state index >= 15 is 0 Å². The number of aliphatic imine (C=N–C) groups is 1. The van der Waals surface area contributed by atoms with E-state index in [1.165, 1.54) is 11.3 Å².